The number of amides is 1. The lowest BCUT2D eigenvalue weighted by Gasteiger charge is -2.22. The van der Waals surface area contributed by atoms with Crippen LogP contribution in [0, 0.1) is 0 Å². The van der Waals surface area contributed by atoms with Gasteiger partial charge in [-0.2, -0.15) is 5.10 Å². The van der Waals surface area contributed by atoms with Gasteiger partial charge in [0, 0.05) is 18.2 Å². The number of aryl methyl sites for hydroxylation is 1. The third-order valence-corrected chi connectivity index (χ3v) is 4.42. The van der Waals surface area contributed by atoms with Crippen LogP contribution in [0.2, 0.25) is 0 Å². The summed E-state index contributed by atoms with van der Waals surface area (Å²) >= 11 is 0. The summed E-state index contributed by atoms with van der Waals surface area (Å²) in [6, 6.07) is 7.46. The highest BCUT2D eigenvalue weighted by Crippen LogP contribution is 2.19. The van der Waals surface area contributed by atoms with Crippen molar-refractivity contribution in [3.05, 3.63) is 53.6 Å². The molecule has 8 nitrogen and oxygen atoms in total. The van der Waals surface area contributed by atoms with E-state index in [4.69, 9.17) is 4.74 Å². The molecule has 0 fully saturated rings. The highest BCUT2D eigenvalue weighted by molar-refractivity contribution is 5.92. The van der Waals surface area contributed by atoms with E-state index in [0.717, 1.165) is 36.4 Å². The van der Waals surface area contributed by atoms with Crippen LogP contribution in [0.3, 0.4) is 0 Å². The number of carbonyl (C=O) groups is 1. The minimum atomic E-state index is -0.215. The van der Waals surface area contributed by atoms with E-state index in [9.17, 15) is 4.79 Å². The summed E-state index contributed by atoms with van der Waals surface area (Å²) < 4.78 is 6.71. The van der Waals surface area contributed by atoms with E-state index in [2.05, 4.69) is 25.8 Å². The second-order valence-electron chi connectivity index (χ2n) is 6.03. The molecule has 25 heavy (non-hydrogen) atoms. The number of fused-ring (bicyclic) bond motifs is 1. The first-order chi connectivity index (χ1) is 12.2. The summed E-state index contributed by atoms with van der Waals surface area (Å²) in [6.07, 6.45) is 6.04. The molecule has 1 aromatic carbocycles. The monoisotopic (exact) mass is 338 g/mol. The Bertz CT molecular complexity index is 883. The Hall–Kier alpha value is -3.16. The molecule has 1 aliphatic rings. The van der Waals surface area contributed by atoms with Gasteiger partial charge in [0.2, 0.25) is 0 Å². The van der Waals surface area contributed by atoms with Crippen LogP contribution in [0.25, 0.3) is 5.69 Å². The Labute approximate surface area is 144 Å². The number of nitrogens with one attached hydrogen (secondary N) is 2. The van der Waals surface area contributed by atoms with Gasteiger partial charge in [0.15, 0.2) is 5.69 Å². The van der Waals surface area contributed by atoms with Crippen LogP contribution >= 0.6 is 0 Å². The van der Waals surface area contributed by atoms with Gasteiger partial charge in [0.1, 0.15) is 5.75 Å². The Morgan fingerprint density at radius 2 is 2.20 bits per heavy atom. The molecule has 0 saturated carbocycles. The van der Waals surface area contributed by atoms with E-state index in [1.807, 2.05) is 30.5 Å². The molecule has 1 atom stereocenters. The SMILES string of the molecule is COc1ccc(-n2cc(C(=O)NC3CCc4cn[nH]c4C3)nn2)cc1. The topological polar surface area (TPSA) is 97.7 Å². The molecule has 3 aromatic rings. The first-order valence-electron chi connectivity index (χ1n) is 8.11. The number of aromatic amines is 1. The van der Waals surface area contributed by atoms with Crippen molar-refractivity contribution in [3.63, 3.8) is 0 Å². The molecule has 0 radical (unpaired) electrons. The maximum atomic E-state index is 12.4. The van der Waals surface area contributed by atoms with Gasteiger partial charge in [-0.05, 0) is 42.7 Å². The number of rotatable bonds is 4. The summed E-state index contributed by atoms with van der Waals surface area (Å²) in [5.74, 6) is 0.546. The van der Waals surface area contributed by atoms with Crippen molar-refractivity contribution >= 4 is 5.91 Å². The summed E-state index contributed by atoms with van der Waals surface area (Å²) in [5, 5.41) is 18.1. The summed E-state index contributed by atoms with van der Waals surface area (Å²) in [4.78, 5) is 12.4. The summed E-state index contributed by atoms with van der Waals surface area (Å²) in [5.41, 5.74) is 3.44. The fourth-order valence-electron chi connectivity index (χ4n) is 3.02. The standard InChI is InChI=1S/C17H18N6O2/c1-25-14-6-4-13(5-7-14)23-10-16(21-22-23)17(24)19-12-3-2-11-9-18-20-15(11)8-12/h4-7,9-10,12H,2-3,8H2,1H3,(H,18,20)(H,19,24). The zero-order valence-corrected chi connectivity index (χ0v) is 13.8. The molecule has 0 saturated heterocycles. The van der Waals surface area contributed by atoms with Crippen molar-refractivity contribution in [2.24, 2.45) is 0 Å². The Kier molecular flexibility index (Phi) is 3.93. The largest absolute Gasteiger partial charge is 0.497 e. The average molecular weight is 338 g/mol. The quantitative estimate of drug-likeness (QED) is 0.747. The minimum Gasteiger partial charge on any atom is -0.497 e. The van der Waals surface area contributed by atoms with E-state index >= 15 is 0 Å². The molecule has 1 amide bonds. The van der Waals surface area contributed by atoms with Gasteiger partial charge < -0.3 is 10.1 Å². The molecule has 2 N–H and O–H groups in total. The highest BCUT2D eigenvalue weighted by Gasteiger charge is 2.23. The molecule has 1 unspecified atom stereocenters. The lowest BCUT2D eigenvalue weighted by atomic mass is 9.94. The molecule has 0 aliphatic heterocycles. The average Bonchev–Trinajstić information content (AvgIpc) is 3.31. The van der Waals surface area contributed by atoms with Crippen LogP contribution in [0.5, 0.6) is 5.75 Å². The van der Waals surface area contributed by atoms with Crippen molar-refractivity contribution < 1.29 is 9.53 Å². The van der Waals surface area contributed by atoms with Crippen molar-refractivity contribution in [2.45, 2.75) is 25.3 Å². The lowest BCUT2D eigenvalue weighted by Crippen LogP contribution is -2.39. The maximum absolute atomic E-state index is 12.4. The molecule has 2 aromatic heterocycles. The van der Waals surface area contributed by atoms with Crippen LogP contribution < -0.4 is 10.1 Å². The van der Waals surface area contributed by atoms with Crippen molar-refractivity contribution in [2.75, 3.05) is 7.11 Å². The van der Waals surface area contributed by atoms with Crippen molar-refractivity contribution in [1.82, 2.24) is 30.5 Å². The van der Waals surface area contributed by atoms with Crippen LogP contribution in [-0.2, 0) is 12.8 Å². The van der Waals surface area contributed by atoms with Crippen molar-refractivity contribution in [3.8, 4) is 11.4 Å². The fourth-order valence-corrected chi connectivity index (χ4v) is 3.02. The second-order valence-corrected chi connectivity index (χ2v) is 6.03. The number of aromatic nitrogens is 5. The number of hydrogen-bond donors (Lipinski definition) is 2. The molecular weight excluding hydrogens is 320 g/mol. The van der Waals surface area contributed by atoms with Gasteiger partial charge in [-0.15, -0.1) is 5.10 Å². The number of nitrogens with zero attached hydrogens (tertiary/aromatic N) is 4. The first-order valence-corrected chi connectivity index (χ1v) is 8.11. The minimum absolute atomic E-state index is 0.0755. The molecule has 0 spiro atoms. The first kappa shape index (κ1) is 15.4. The maximum Gasteiger partial charge on any atom is 0.273 e. The molecule has 8 heteroatoms. The fraction of sp³-hybridized carbons (Fsp3) is 0.294. The zero-order valence-electron chi connectivity index (χ0n) is 13.8. The van der Waals surface area contributed by atoms with E-state index in [0.29, 0.717) is 5.69 Å². The number of ether oxygens (including phenoxy) is 1. The van der Waals surface area contributed by atoms with E-state index < -0.39 is 0 Å². The third kappa shape index (κ3) is 3.10. The summed E-state index contributed by atoms with van der Waals surface area (Å²) in [7, 11) is 1.62. The lowest BCUT2D eigenvalue weighted by molar-refractivity contribution is 0.0928. The molecule has 2 heterocycles. The smallest absolute Gasteiger partial charge is 0.273 e. The molecular formula is C17H18N6O2. The van der Waals surface area contributed by atoms with Gasteiger partial charge in [-0.3, -0.25) is 9.89 Å². The van der Waals surface area contributed by atoms with Gasteiger partial charge in [-0.1, -0.05) is 5.21 Å². The second kappa shape index (κ2) is 6.39. The van der Waals surface area contributed by atoms with Gasteiger partial charge in [0.25, 0.3) is 5.91 Å². The van der Waals surface area contributed by atoms with Gasteiger partial charge >= 0.3 is 0 Å². The zero-order chi connectivity index (χ0) is 17.2. The van der Waals surface area contributed by atoms with Crippen LogP contribution in [-0.4, -0.2) is 44.3 Å². The molecule has 128 valence electrons. The van der Waals surface area contributed by atoms with E-state index in [1.165, 1.54) is 5.56 Å². The predicted octanol–water partition coefficient (Wildman–Crippen LogP) is 1.29. The number of benzene rings is 1. The number of methoxy groups -OCH3 is 1. The number of H-pyrrole nitrogens is 1. The Balaban J connectivity index is 1.43. The highest BCUT2D eigenvalue weighted by atomic mass is 16.5. The van der Waals surface area contributed by atoms with E-state index in [1.54, 1.807) is 18.0 Å². The normalized spacial score (nSPS) is 16.3. The molecule has 1 aliphatic carbocycles. The summed E-state index contributed by atoms with van der Waals surface area (Å²) in [6.45, 7) is 0. The third-order valence-electron chi connectivity index (χ3n) is 4.42. The van der Waals surface area contributed by atoms with Gasteiger partial charge in [0.05, 0.1) is 25.2 Å². The Morgan fingerprint density at radius 1 is 1.36 bits per heavy atom. The number of hydrogen-bond acceptors (Lipinski definition) is 5. The van der Waals surface area contributed by atoms with Crippen LogP contribution in [0.4, 0.5) is 0 Å². The Morgan fingerprint density at radius 3 is 3.00 bits per heavy atom. The van der Waals surface area contributed by atoms with Gasteiger partial charge in [-0.25, -0.2) is 4.68 Å². The molecule has 0 bridgehead atoms. The predicted molar refractivity (Wildman–Crippen MR) is 89.8 cm³/mol. The van der Waals surface area contributed by atoms with Crippen LogP contribution in [0.1, 0.15) is 28.2 Å². The molecule has 4 rings (SSSR count). The van der Waals surface area contributed by atoms with Crippen LogP contribution in [0.15, 0.2) is 36.7 Å². The number of carbonyl (C=O) groups excluding carboxylic acids is 1. The van der Waals surface area contributed by atoms with E-state index in [-0.39, 0.29) is 11.9 Å². The van der Waals surface area contributed by atoms with Crippen molar-refractivity contribution in [1.29, 1.82) is 0 Å².